The van der Waals surface area contributed by atoms with E-state index in [4.69, 9.17) is 5.11 Å². The Morgan fingerprint density at radius 2 is 2.29 bits per heavy atom. The number of fused-ring (bicyclic) bond motifs is 1. The first-order valence-corrected chi connectivity index (χ1v) is 4.25. The number of aromatic carboxylic acids is 1. The highest BCUT2D eigenvalue weighted by atomic mass is 16.4. The van der Waals surface area contributed by atoms with Crippen LogP contribution >= 0.6 is 0 Å². The van der Waals surface area contributed by atoms with Gasteiger partial charge in [-0.15, -0.1) is 0 Å². The fraction of sp³-hybridized carbons (Fsp3) is 0.100. The van der Waals surface area contributed by atoms with Crippen LogP contribution in [0.25, 0.3) is 10.9 Å². The van der Waals surface area contributed by atoms with Crippen molar-refractivity contribution in [3.05, 3.63) is 30.0 Å². The van der Waals surface area contributed by atoms with Crippen LogP contribution in [0.1, 0.15) is 10.5 Å². The number of aromatic nitrogens is 1. The van der Waals surface area contributed by atoms with Crippen LogP contribution in [0.5, 0.6) is 0 Å². The fourth-order valence-corrected chi connectivity index (χ4v) is 1.49. The third-order valence-electron chi connectivity index (χ3n) is 2.16. The molecule has 3 N–H and O–H groups in total. The lowest BCUT2D eigenvalue weighted by Gasteiger charge is -1.99. The number of carbonyl (C=O) groups is 1. The van der Waals surface area contributed by atoms with Crippen molar-refractivity contribution in [1.29, 1.82) is 0 Å². The molecule has 0 amide bonds. The summed E-state index contributed by atoms with van der Waals surface area (Å²) in [4.78, 5) is 13.5. The molecule has 2 aromatic rings. The standard InChI is InChI=1S/C10H10N2O2/c1-11-7-3-2-4-8-6(7)5-9(12-8)10(13)14/h2-5,11-12H,1H3,(H,13,14). The molecule has 0 atom stereocenters. The Bertz CT molecular complexity index is 488. The Kier molecular flexibility index (Phi) is 1.89. The van der Waals surface area contributed by atoms with Crippen LogP contribution in [0, 0.1) is 0 Å². The minimum absolute atomic E-state index is 0.211. The van der Waals surface area contributed by atoms with Crippen LogP contribution in [0.15, 0.2) is 24.3 Å². The largest absolute Gasteiger partial charge is 0.477 e. The van der Waals surface area contributed by atoms with Gasteiger partial charge < -0.3 is 15.4 Å². The summed E-state index contributed by atoms with van der Waals surface area (Å²) in [6.45, 7) is 0. The number of H-pyrrole nitrogens is 1. The van der Waals surface area contributed by atoms with Crippen LogP contribution in [0.4, 0.5) is 5.69 Å². The number of aromatic amines is 1. The monoisotopic (exact) mass is 190 g/mol. The van der Waals surface area contributed by atoms with Crippen molar-refractivity contribution in [2.45, 2.75) is 0 Å². The molecule has 0 aliphatic carbocycles. The molecule has 4 heteroatoms. The third-order valence-corrected chi connectivity index (χ3v) is 2.16. The average molecular weight is 190 g/mol. The number of anilines is 1. The SMILES string of the molecule is CNc1cccc2[nH]c(C(=O)O)cc12. The van der Waals surface area contributed by atoms with Gasteiger partial charge in [0.25, 0.3) is 0 Å². The van der Waals surface area contributed by atoms with Crippen LogP contribution in [-0.2, 0) is 0 Å². The molecule has 0 saturated carbocycles. The Labute approximate surface area is 80.6 Å². The van der Waals surface area contributed by atoms with Gasteiger partial charge in [-0.3, -0.25) is 0 Å². The average Bonchev–Trinajstić information content (AvgIpc) is 2.60. The van der Waals surface area contributed by atoms with E-state index in [0.29, 0.717) is 0 Å². The van der Waals surface area contributed by atoms with Crippen molar-refractivity contribution in [2.24, 2.45) is 0 Å². The van der Waals surface area contributed by atoms with Gasteiger partial charge in [0.05, 0.1) is 0 Å². The highest BCUT2D eigenvalue weighted by Gasteiger charge is 2.08. The van der Waals surface area contributed by atoms with Gasteiger partial charge in [0.2, 0.25) is 0 Å². The summed E-state index contributed by atoms with van der Waals surface area (Å²) < 4.78 is 0. The fourth-order valence-electron chi connectivity index (χ4n) is 1.49. The van der Waals surface area contributed by atoms with E-state index in [1.807, 2.05) is 25.2 Å². The Morgan fingerprint density at radius 3 is 2.93 bits per heavy atom. The Hall–Kier alpha value is -1.97. The van der Waals surface area contributed by atoms with Gasteiger partial charge >= 0.3 is 5.97 Å². The van der Waals surface area contributed by atoms with Gasteiger partial charge in [-0.1, -0.05) is 6.07 Å². The maximum Gasteiger partial charge on any atom is 0.352 e. The highest BCUT2D eigenvalue weighted by Crippen LogP contribution is 2.23. The maximum atomic E-state index is 10.7. The zero-order valence-electron chi connectivity index (χ0n) is 7.66. The number of carboxylic acids is 1. The van der Waals surface area contributed by atoms with E-state index in [0.717, 1.165) is 16.6 Å². The van der Waals surface area contributed by atoms with Crippen molar-refractivity contribution in [1.82, 2.24) is 4.98 Å². The van der Waals surface area contributed by atoms with E-state index in [1.54, 1.807) is 6.07 Å². The molecule has 0 unspecified atom stereocenters. The molecule has 0 aliphatic rings. The van der Waals surface area contributed by atoms with Crippen molar-refractivity contribution in [2.75, 3.05) is 12.4 Å². The van der Waals surface area contributed by atoms with Crippen molar-refractivity contribution in [3.63, 3.8) is 0 Å². The lowest BCUT2D eigenvalue weighted by atomic mass is 10.2. The number of nitrogens with one attached hydrogen (secondary N) is 2. The summed E-state index contributed by atoms with van der Waals surface area (Å²) in [7, 11) is 1.81. The Morgan fingerprint density at radius 1 is 1.50 bits per heavy atom. The van der Waals surface area contributed by atoms with E-state index in [2.05, 4.69) is 10.3 Å². The van der Waals surface area contributed by atoms with Gasteiger partial charge in [-0.05, 0) is 18.2 Å². The number of carboxylic acid groups (broad SMARTS) is 1. The molecule has 0 radical (unpaired) electrons. The summed E-state index contributed by atoms with van der Waals surface area (Å²) >= 11 is 0. The van der Waals surface area contributed by atoms with Crippen molar-refractivity contribution >= 4 is 22.6 Å². The molecule has 2 rings (SSSR count). The van der Waals surface area contributed by atoms with E-state index in [9.17, 15) is 4.79 Å². The van der Waals surface area contributed by atoms with Gasteiger partial charge in [-0.25, -0.2) is 4.79 Å². The second kappa shape index (κ2) is 3.06. The molecule has 72 valence electrons. The van der Waals surface area contributed by atoms with Crippen LogP contribution in [0.2, 0.25) is 0 Å². The predicted molar refractivity (Wildman–Crippen MR) is 54.8 cm³/mol. The first kappa shape index (κ1) is 8.62. The number of benzene rings is 1. The summed E-state index contributed by atoms with van der Waals surface area (Å²) in [5.74, 6) is -0.941. The van der Waals surface area contributed by atoms with Crippen LogP contribution in [0.3, 0.4) is 0 Å². The molecular weight excluding hydrogens is 180 g/mol. The van der Waals surface area contributed by atoms with E-state index >= 15 is 0 Å². The minimum Gasteiger partial charge on any atom is -0.477 e. The van der Waals surface area contributed by atoms with Crippen LogP contribution in [-0.4, -0.2) is 23.1 Å². The summed E-state index contributed by atoms with van der Waals surface area (Å²) in [6.07, 6.45) is 0. The zero-order chi connectivity index (χ0) is 10.1. The predicted octanol–water partition coefficient (Wildman–Crippen LogP) is 1.91. The summed E-state index contributed by atoms with van der Waals surface area (Å²) in [5, 5.41) is 12.7. The smallest absolute Gasteiger partial charge is 0.352 e. The minimum atomic E-state index is -0.941. The molecule has 0 aliphatic heterocycles. The topological polar surface area (TPSA) is 65.1 Å². The Balaban J connectivity index is 2.70. The summed E-state index contributed by atoms with van der Waals surface area (Å²) in [5.41, 5.74) is 1.96. The van der Waals surface area contributed by atoms with Crippen LogP contribution < -0.4 is 5.32 Å². The number of rotatable bonds is 2. The molecule has 14 heavy (non-hydrogen) atoms. The first-order chi connectivity index (χ1) is 6.72. The van der Waals surface area contributed by atoms with Crippen molar-refractivity contribution < 1.29 is 9.90 Å². The van der Waals surface area contributed by atoms with E-state index in [1.165, 1.54) is 0 Å². The molecule has 0 spiro atoms. The molecule has 1 heterocycles. The van der Waals surface area contributed by atoms with Gasteiger partial charge in [-0.2, -0.15) is 0 Å². The number of hydrogen-bond acceptors (Lipinski definition) is 2. The highest BCUT2D eigenvalue weighted by molar-refractivity contribution is 5.99. The zero-order valence-corrected chi connectivity index (χ0v) is 7.66. The number of hydrogen-bond donors (Lipinski definition) is 3. The molecule has 4 nitrogen and oxygen atoms in total. The van der Waals surface area contributed by atoms with Gasteiger partial charge in [0.1, 0.15) is 5.69 Å². The molecule has 1 aromatic heterocycles. The summed E-state index contributed by atoms with van der Waals surface area (Å²) in [6, 6.07) is 7.25. The van der Waals surface area contributed by atoms with Gasteiger partial charge in [0.15, 0.2) is 0 Å². The molecular formula is C10H10N2O2. The van der Waals surface area contributed by atoms with Gasteiger partial charge in [0, 0.05) is 23.6 Å². The first-order valence-electron chi connectivity index (χ1n) is 4.25. The molecule has 0 fully saturated rings. The third kappa shape index (κ3) is 1.21. The molecule has 0 bridgehead atoms. The molecule has 0 saturated heterocycles. The van der Waals surface area contributed by atoms with E-state index < -0.39 is 5.97 Å². The lowest BCUT2D eigenvalue weighted by molar-refractivity contribution is 0.0691. The van der Waals surface area contributed by atoms with Crippen molar-refractivity contribution in [3.8, 4) is 0 Å². The second-order valence-corrected chi connectivity index (χ2v) is 3.00. The maximum absolute atomic E-state index is 10.7. The normalized spacial score (nSPS) is 10.4. The lowest BCUT2D eigenvalue weighted by Crippen LogP contribution is -1.94. The van der Waals surface area contributed by atoms with E-state index in [-0.39, 0.29) is 5.69 Å². The second-order valence-electron chi connectivity index (χ2n) is 3.00. The molecule has 1 aromatic carbocycles. The quantitative estimate of drug-likeness (QED) is 0.677.